The van der Waals surface area contributed by atoms with Gasteiger partial charge < -0.3 is 15.5 Å². The van der Waals surface area contributed by atoms with Gasteiger partial charge in [-0.2, -0.15) is 0 Å². The van der Waals surface area contributed by atoms with Crippen molar-refractivity contribution in [3.63, 3.8) is 0 Å². The number of nitrogens with two attached hydrogens (primary N) is 1. The van der Waals surface area contributed by atoms with Crippen molar-refractivity contribution in [2.75, 3.05) is 25.0 Å². The third-order valence-corrected chi connectivity index (χ3v) is 5.03. The lowest BCUT2D eigenvalue weighted by atomic mass is 10.1. The van der Waals surface area contributed by atoms with E-state index in [0.717, 1.165) is 11.1 Å². The van der Waals surface area contributed by atoms with Gasteiger partial charge in [-0.1, -0.05) is 41.4 Å². The molecule has 0 heterocycles. The highest BCUT2D eigenvalue weighted by atomic mass is 35.5. The molecule has 0 saturated carbocycles. The number of benzene rings is 2. The minimum Gasteiger partial charge on any atom is -0.333 e. The molecule has 3 N–H and O–H groups in total. The van der Waals surface area contributed by atoms with Crippen LogP contribution >= 0.6 is 23.2 Å². The third-order valence-electron chi connectivity index (χ3n) is 4.56. The van der Waals surface area contributed by atoms with Crippen LogP contribution in [0.2, 0.25) is 10.0 Å². The summed E-state index contributed by atoms with van der Waals surface area (Å²) >= 11 is 12.0. The highest BCUT2D eigenvalue weighted by Gasteiger charge is 2.19. The molecule has 0 fully saturated rings. The fraction of sp³-hybridized carbons (Fsp3) is 0.333. The topological polar surface area (TPSA) is 66.0 Å². The van der Waals surface area contributed by atoms with Gasteiger partial charge in [0, 0.05) is 27.8 Å². The van der Waals surface area contributed by atoms with Crippen LogP contribution in [0, 0.1) is 6.92 Å². The van der Waals surface area contributed by atoms with Gasteiger partial charge >= 0.3 is 0 Å². The Morgan fingerprint density at radius 2 is 1.86 bits per heavy atom. The number of likely N-dealkylation sites (N-methyl/N-ethyl adjacent to an activating group) is 1. The quantitative estimate of drug-likeness (QED) is 0.684. The van der Waals surface area contributed by atoms with E-state index in [1.165, 1.54) is 4.90 Å². The maximum absolute atomic E-state index is 12.6. The summed E-state index contributed by atoms with van der Waals surface area (Å²) in [6, 6.07) is 13.0. The molecule has 1 atom stereocenters. The van der Waals surface area contributed by atoms with Gasteiger partial charge in [0.15, 0.2) is 6.54 Å². The van der Waals surface area contributed by atoms with Crippen LogP contribution in [0.15, 0.2) is 42.5 Å². The first kappa shape index (κ1) is 22.2. The van der Waals surface area contributed by atoms with E-state index in [2.05, 4.69) is 5.32 Å². The van der Waals surface area contributed by atoms with Crippen molar-refractivity contribution in [3.05, 3.63) is 63.6 Å². The van der Waals surface area contributed by atoms with Crippen LogP contribution in [0.3, 0.4) is 0 Å². The maximum Gasteiger partial charge on any atom is 0.278 e. The smallest absolute Gasteiger partial charge is 0.278 e. The number of carbonyl (C=O) groups is 2. The number of hydrogen-bond donors (Lipinski definition) is 2. The number of nitrogens with zero attached hydrogens (tertiary/aromatic N) is 1. The Bertz CT molecular complexity index is 842. The SMILES string of the molecule is CCN(CC(=O)Nc1cc(Cl)ccc1C)C(=O)C[NH2+][C@H](C)c1cccc(Cl)c1. The number of rotatable bonds is 8. The van der Waals surface area contributed by atoms with Crippen molar-refractivity contribution in [1.29, 1.82) is 0 Å². The first-order valence-electron chi connectivity index (χ1n) is 9.22. The van der Waals surface area contributed by atoms with Crippen molar-refractivity contribution in [2.45, 2.75) is 26.8 Å². The second kappa shape index (κ2) is 10.5. The van der Waals surface area contributed by atoms with Crippen LogP contribution in [0.25, 0.3) is 0 Å². The van der Waals surface area contributed by atoms with Gasteiger partial charge in [0.2, 0.25) is 5.91 Å². The van der Waals surface area contributed by atoms with Crippen molar-refractivity contribution in [2.24, 2.45) is 0 Å². The van der Waals surface area contributed by atoms with E-state index in [-0.39, 0.29) is 30.9 Å². The molecule has 2 aromatic carbocycles. The van der Waals surface area contributed by atoms with Gasteiger partial charge in [0.1, 0.15) is 12.6 Å². The van der Waals surface area contributed by atoms with Crippen molar-refractivity contribution in [3.8, 4) is 0 Å². The normalized spacial score (nSPS) is 11.8. The molecule has 0 bridgehead atoms. The number of quaternary nitrogens is 1. The molecule has 150 valence electrons. The Morgan fingerprint density at radius 3 is 2.54 bits per heavy atom. The molecule has 0 aliphatic rings. The molecule has 2 aromatic rings. The van der Waals surface area contributed by atoms with Crippen LogP contribution in [0.1, 0.15) is 31.0 Å². The van der Waals surface area contributed by atoms with Gasteiger partial charge in [-0.05, 0) is 50.6 Å². The third kappa shape index (κ3) is 6.51. The fourth-order valence-corrected chi connectivity index (χ4v) is 3.17. The first-order chi connectivity index (χ1) is 13.3. The number of anilines is 1. The molecule has 0 unspecified atom stereocenters. The Morgan fingerprint density at radius 1 is 1.14 bits per heavy atom. The van der Waals surface area contributed by atoms with Gasteiger partial charge in [0.05, 0.1) is 0 Å². The van der Waals surface area contributed by atoms with Crippen LogP contribution in [-0.4, -0.2) is 36.3 Å². The maximum atomic E-state index is 12.6. The number of aryl methyl sites for hydroxylation is 1. The molecule has 0 aliphatic carbocycles. The number of carbonyl (C=O) groups excluding carboxylic acids is 2. The lowest BCUT2D eigenvalue weighted by molar-refractivity contribution is -0.683. The highest BCUT2D eigenvalue weighted by molar-refractivity contribution is 6.31. The molecule has 0 spiro atoms. The van der Waals surface area contributed by atoms with E-state index >= 15 is 0 Å². The minimum atomic E-state index is -0.247. The highest BCUT2D eigenvalue weighted by Crippen LogP contribution is 2.20. The Balaban J connectivity index is 1.90. The summed E-state index contributed by atoms with van der Waals surface area (Å²) in [5.41, 5.74) is 2.62. The van der Waals surface area contributed by atoms with Gasteiger partial charge in [-0.25, -0.2) is 0 Å². The first-order valence-corrected chi connectivity index (χ1v) is 9.98. The van der Waals surface area contributed by atoms with Crippen molar-refractivity contribution >= 4 is 40.7 Å². The molecular weight excluding hydrogens is 397 g/mol. The molecule has 0 aromatic heterocycles. The van der Waals surface area contributed by atoms with Gasteiger partial charge in [-0.3, -0.25) is 9.59 Å². The zero-order chi connectivity index (χ0) is 20.7. The largest absolute Gasteiger partial charge is 0.333 e. The fourth-order valence-electron chi connectivity index (χ4n) is 2.80. The zero-order valence-corrected chi connectivity index (χ0v) is 17.8. The Labute approximate surface area is 176 Å². The Kier molecular flexibility index (Phi) is 8.30. The number of halogens is 2. The number of hydrogen-bond acceptors (Lipinski definition) is 2. The molecule has 0 radical (unpaired) electrons. The van der Waals surface area contributed by atoms with E-state index in [1.807, 2.05) is 56.4 Å². The van der Waals surface area contributed by atoms with E-state index in [0.29, 0.717) is 22.3 Å². The molecule has 0 saturated heterocycles. The predicted octanol–water partition coefficient (Wildman–Crippen LogP) is 3.41. The zero-order valence-electron chi connectivity index (χ0n) is 16.3. The standard InChI is InChI=1S/C21H25Cl2N3O2/c1-4-26(13-20(27)25-19-11-18(23)9-8-14(19)2)21(28)12-24-15(3)16-6-5-7-17(22)10-16/h5-11,15,24H,4,12-13H2,1-3H3,(H,25,27)/p+1/t15-/m1/s1. The summed E-state index contributed by atoms with van der Waals surface area (Å²) in [6.07, 6.45) is 0. The monoisotopic (exact) mass is 422 g/mol. The summed E-state index contributed by atoms with van der Waals surface area (Å²) in [6.45, 7) is 6.48. The lowest BCUT2D eigenvalue weighted by Gasteiger charge is -2.21. The molecule has 0 aliphatic heterocycles. The van der Waals surface area contributed by atoms with Crippen LogP contribution in [-0.2, 0) is 9.59 Å². The molecule has 5 nitrogen and oxygen atoms in total. The molecule has 2 amide bonds. The number of amides is 2. The second-order valence-corrected chi connectivity index (χ2v) is 7.57. The molecule has 2 rings (SSSR count). The van der Waals surface area contributed by atoms with Crippen molar-refractivity contribution in [1.82, 2.24) is 4.90 Å². The lowest BCUT2D eigenvalue weighted by Crippen LogP contribution is -2.87. The predicted molar refractivity (Wildman–Crippen MR) is 114 cm³/mol. The van der Waals surface area contributed by atoms with Crippen LogP contribution in [0.5, 0.6) is 0 Å². The van der Waals surface area contributed by atoms with E-state index in [4.69, 9.17) is 23.2 Å². The summed E-state index contributed by atoms with van der Waals surface area (Å²) in [5, 5.41) is 5.99. The summed E-state index contributed by atoms with van der Waals surface area (Å²) in [4.78, 5) is 26.5. The average molecular weight is 423 g/mol. The van der Waals surface area contributed by atoms with Crippen LogP contribution in [0.4, 0.5) is 5.69 Å². The number of nitrogens with one attached hydrogen (secondary N) is 1. The van der Waals surface area contributed by atoms with E-state index < -0.39 is 0 Å². The van der Waals surface area contributed by atoms with E-state index in [1.54, 1.807) is 12.1 Å². The summed E-state index contributed by atoms with van der Waals surface area (Å²) < 4.78 is 0. The van der Waals surface area contributed by atoms with Gasteiger partial charge in [-0.15, -0.1) is 0 Å². The van der Waals surface area contributed by atoms with Gasteiger partial charge in [0.25, 0.3) is 5.91 Å². The van der Waals surface area contributed by atoms with E-state index in [9.17, 15) is 9.59 Å². The van der Waals surface area contributed by atoms with Crippen molar-refractivity contribution < 1.29 is 14.9 Å². The molecule has 7 heteroatoms. The minimum absolute atomic E-state index is 0.000667. The average Bonchev–Trinajstić information content (AvgIpc) is 2.66. The Hall–Kier alpha value is -2.08. The molecule has 28 heavy (non-hydrogen) atoms. The van der Waals surface area contributed by atoms with Crippen LogP contribution < -0.4 is 10.6 Å². The molecular formula is C21H26Cl2N3O2+. The summed E-state index contributed by atoms with van der Waals surface area (Å²) in [5.74, 6) is -0.335. The summed E-state index contributed by atoms with van der Waals surface area (Å²) in [7, 11) is 0. The second-order valence-electron chi connectivity index (χ2n) is 6.70.